The number of rotatable bonds is 2. The smallest absolute Gasteiger partial charge is 0.225 e. The van der Waals surface area contributed by atoms with Crippen LogP contribution in [0.2, 0.25) is 0 Å². The maximum Gasteiger partial charge on any atom is 0.225 e. The van der Waals surface area contributed by atoms with E-state index in [0.29, 0.717) is 5.91 Å². The fourth-order valence-corrected chi connectivity index (χ4v) is 4.33. The predicted molar refractivity (Wildman–Crippen MR) is 81.0 cm³/mol. The van der Waals surface area contributed by atoms with Crippen molar-refractivity contribution in [1.82, 2.24) is 9.88 Å². The van der Waals surface area contributed by atoms with Gasteiger partial charge < -0.3 is 9.80 Å². The first-order chi connectivity index (χ1) is 9.34. The monoisotopic (exact) mass is 297 g/mol. The Bertz CT molecular complexity index is 410. The molecule has 1 amide bonds. The van der Waals surface area contributed by atoms with Crippen LogP contribution in [0.1, 0.15) is 12.8 Å². The maximum absolute atomic E-state index is 12.4. The molecule has 0 spiro atoms. The summed E-state index contributed by atoms with van der Waals surface area (Å²) < 4.78 is 0. The third kappa shape index (κ3) is 3.05. The first-order valence-electron chi connectivity index (χ1n) is 6.85. The first-order valence-corrected chi connectivity index (χ1v) is 8.89. The lowest BCUT2D eigenvalue weighted by Gasteiger charge is -2.35. The quantitative estimate of drug-likeness (QED) is 0.836. The molecular weight excluding hydrogens is 278 g/mol. The Morgan fingerprint density at radius 1 is 1.21 bits per heavy atom. The van der Waals surface area contributed by atoms with E-state index in [2.05, 4.69) is 14.8 Å². The lowest BCUT2D eigenvalue weighted by molar-refractivity contribution is -0.135. The topological polar surface area (TPSA) is 36.4 Å². The summed E-state index contributed by atoms with van der Waals surface area (Å²) in [5.74, 6) is 2.83. The molecule has 0 unspecified atom stereocenters. The number of anilines is 1. The fraction of sp³-hybridized carbons (Fsp3) is 0.692. The molecule has 1 aromatic rings. The van der Waals surface area contributed by atoms with Crippen molar-refractivity contribution in [2.24, 2.45) is 5.92 Å². The van der Waals surface area contributed by atoms with E-state index in [1.807, 2.05) is 23.3 Å². The number of nitrogens with zero attached hydrogens (tertiary/aromatic N) is 3. The average Bonchev–Trinajstić information content (AvgIpc) is 3.02. The van der Waals surface area contributed by atoms with Gasteiger partial charge in [0.15, 0.2) is 5.13 Å². The molecule has 2 fully saturated rings. The Morgan fingerprint density at radius 2 is 1.95 bits per heavy atom. The van der Waals surface area contributed by atoms with Gasteiger partial charge in [0.1, 0.15) is 0 Å². The number of aromatic nitrogens is 1. The minimum Gasteiger partial charge on any atom is -0.348 e. The van der Waals surface area contributed by atoms with Crippen molar-refractivity contribution < 1.29 is 4.79 Å². The average molecular weight is 297 g/mol. The van der Waals surface area contributed by atoms with Crippen LogP contribution in [-0.2, 0) is 4.79 Å². The highest BCUT2D eigenvalue weighted by atomic mass is 32.2. The Balaban J connectivity index is 1.53. The van der Waals surface area contributed by atoms with Crippen molar-refractivity contribution in [3.05, 3.63) is 11.6 Å². The van der Waals surface area contributed by atoms with E-state index in [-0.39, 0.29) is 5.92 Å². The number of carbonyl (C=O) groups is 1. The molecule has 104 valence electrons. The summed E-state index contributed by atoms with van der Waals surface area (Å²) in [6.45, 7) is 3.81. The zero-order chi connectivity index (χ0) is 13.1. The van der Waals surface area contributed by atoms with Gasteiger partial charge in [0.05, 0.1) is 0 Å². The van der Waals surface area contributed by atoms with Crippen LogP contribution in [0.5, 0.6) is 0 Å². The van der Waals surface area contributed by atoms with Gasteiger partial charge in [-0.05, 0) is 12.8 Å². The summed E-state index contributed by atoms with van der Waals surface area (Å²) in [4.78, 5) is 21.2. The van der Waals surface area contributed by atoms with E-state index in [1.165, 1.54) is 0 Å². The normalized spacial score (nSPS) is 21.7. The molecular formula is C13H19N3OS2. The van der Waals surface area contributed by atoms with Crippen LogP contribution in [0.25, 0.3) is 0 Å². The summed E-state index contributed by atoms with van der Waals surface area (Å²) in [5, 5.41) is 3.11. The minimum absolute atomic E-state index is 0.235. The number of amides is 1. The molecule has 19 heavy (non-hydrogen) atoms. The Kier molecular flexibility index (Phi) is 4.28. The van der Waals surface area contributed by atoms with Crippen molar-refractivity contribution in [2.45, 2.75) is 12.8 Å². The third-order valence-electron chi connectivity index (χ3n) is 3.86. The van der Waals surface area contributed by atoms with Gasteiger partial charge in [0.25, 0.3) is 0 Å². The van der Waals surface area contributed by atoms with Crippen LogP contribution in [0.15, 0.2) is 11.6 Å². The molecule has 0 aromatic carbocycles. The van der Waals surface area contributed by atoms with E-state index in [9.17, 15) is 4.79 Å². The molecule has 1 aromatic heterocycles. The van der Waals surface area contributed by atoms with E-state index >= 15 is 0 Å². The van der Waals surface area contributed by atoms with Gasteiger partial charge >= 0.3 is 0 Å². The van der Waals surface area contributed by atoms with Crippen LogP contribution >= 0.6 is 23.1 Å². The molecule has 0 aliphatic carbocycles. The van der Waals surface area contributed by atoms with Crippen LogP contribution in [0.3, 0.4) is 0 Å². The summed E-state index contributed by atoms with van der Waals surface area (Å²) in [7, 11) is 0. The number of carbonyl (C=O) groups excluding carboxylic acids is 1. The highest BCUT2D eigenvalue weighted by molar-refractivity contribution is 7.99. The van der Waals surface area contributed by atoms with Crippen molar-refractivity contribution in [2.75, 3.05) is 42.6 Å². The number of hydrogen-bond donors (Lipinski definition) is 0. The Hall–Kier alpha value is -0.750. The van der Waals surface area contributed by atoms with Crippen molar-refractivity contribution in [3.63, 3.8) is 0 Å². The largest absolute Gasteiger partial charge is 0.348 e. The van der Waals surface area contributed by atoms with Gasteiger partial charge in [0.2, 0.25) is 5.91 Å². The van der Waals surface area contributed by atoms with Gasteiger partial charge in [-0.25, -0.2) is 4.98 Å². The van der Waals surface area contributed by atoms with Gasteiger partial charge in [-0.1, -0.05) is 0 Å². The van der Waals surface area contributed by atoms with Gasteiger partial charge in [-0.2, -0.15) is 11.8 Å². The molecule has 0 atom stereocenters. The molecule has 2 aliphatic rings. The second kappa shape index (κ2) is 6.13. The molecule has 2 aliphatic heterocycles. The molecule has 0 N–H and O–H groups in total. The van der Waals surface area contributed by atoms with Crippen LogP contribution in [0.4, 0.5) is 5.13 Å². The van der Waals surface area contributed by atoms with Crippen LogP contribution in [0, 0.1) is 5.92 Å². The highest BCUT2D eigenvalue weighted by Crippen LogP contribution is 2.26. The summed E-state index contributed by atoms with van der Waals surface area (Å²) in [6.07, 6.45) is 3.80. The molecule has 0 bridgehead atoms. The maximum atomic E-state index is 12.4. The molecule has 6 heteroatoms. The molecule has 0 saturated carbocycles. The van der Waals surface area contributed by atoms with Crippen LogP contribution in [-0.4, -0.2) is 53.5 Å². The first kappa shape index (κ1) is 13.2. The predicted octanol–water partition coefficient (Wildman–Crippen LogP) is 1.93. The SMILES string of the molecule is O=C(C1CCN(c2nccs2)CC1)N1CCSCC1. The number of thiazole rings is 1. The number of piperidine rings is 1. The van der Waals surface area contributed by atoms with E-state index < -0.39 is 0 Å². The lowest BCUT2D eigenvalue weighted by Crippen LogP contribution is -2.45. The van der Waals surface area contributed by atoms with E-state index in [4.69, 9.17) is 0 Å². The van der Waals surface area contributed by atoms with E-state index in [1.54, 1.807) is 11.3 Å². The number of hydrogen-bond acceptors (Lipinski definition) is 5. The second-order valence-corrected chi connectivity index (χ2v) is 7.11. The van der Waals surface area contributed by atoms with Crippen molar-refractivity contribution >= 4 is 34.1 Å². The summed E-state index contributed by atoms with van der Waals surface area (Å²) in [5.41, 5.74) is 0. The Labute approximate surface area is 122 Å². The third-order valence-corrected chi connectivity index (χ3v) is 5.63. The zero-order valence-electron chi connectivity index (χ0n) is 11.0. The van der Waals surface area contributed by atoms with E-state index in [0.717, 1.165) is 55.7 Å². The molecule has 0 radical (unpaired) electrons. The molecule has 3 heterocycles. The summed E-state index contributed by atoms with van der Waals surface area (Å²) in [6, 6.07) is 0. The van der Waals surface area contributed by atoms with Crippen molar-refractivity contribution in [1.29, 1.82) is 0 Å². The lowest BCUT2D eigenvalue weighted by atomic mass is 9.95. The van der Waals surface area contributed by atoms with Gasteiger partial charge in [-0.15, -0.1) is 11.3 Å². The zero-order valence-corrected chi connectivity index (χ0v) is 12.6. The Morgan fingerprint density at radius 3 is 2.58 bits per heavy atom. The second-order valence-electron chi connectivity index (χ2n) is 5.01. The molecule has 4 nitrogen and oxygen atoms in total. The molecule has 2 saturated heterocycles. The fourth-order valence-electron chi connectivity index (χ4n) is 2.73. The standard InChI is InChI=1S/C13H19N3OS2/c17-12(15-6-9-18-10-7-15)11-1-4-16(5-2-11)13-14-3-8-19-13/h3,8,11H,1-2,4-7,9-10H2. The summed E-state index contributed by atoms with van der Waals surface area (Å²) >= 11 is 3.64. The van der Waals surface area contributed by atoms with Gasteiger partial charge in [0, 0.05) is 55.2 Å². The highest BCUT2D eigenvalue weighted by Gasteiger charge is 2.29. The van der Waals surface area contributed by atoms with Crippen molar-refractivity contribution in [3.8, 4) is 0 Å². The molecule has 3 rings (SSSR count). The van der Waals surface area contributed by atoms with Crippen LogP contribution < -0.4 is 4.90 Å². The minimum atomic E-state index is 0.235. The van der Waals surface area contributed by atoms with Gasteiger partial charge in [-0.3, -0.25) is 4.79 Å². The number of thioether (sulfide) groups is 1.